The summed E-state index contributed by atoms with van der Waals surface area (Å²) < 4.78 is 48.8. The van der Waals surface area contributed by atoms with Gasteiger partial charge in [0.15, 0.2) is 11.5 Å². The summed E-state index contributed by atoms with van der Waals surface area (Å²) >= 11 is 0. The predicted octanol–water partition coefficient (Wildman–Crippen LogP) is 4.12. The van der Waals surface area contributed by atoms with Gasteiger partial charge in [-0.2, -0.15) is 13.2 Å². The fourth-order valence-corrected chi connectivity index (χ4v) is 2.79. The monoisotopic (exact) mass is 335 g/mol. The van der Waals surface area contributed by atoms with Crippen LogP contribution in [0.5, 0.6) is 11.5 Å². The molecule has 0 atom stereocenters. The molecule has 0 spiro atoms. The molecular formula is C18H16F3NO2. The van der Waals surface area contributed by atoms with Gasteiger partial charge in [-0.05, 0) is 36.2 Å². The summed E-state index contributed by atoms with van der Waals surface area (Å²) in [6.07, 6.45) is -3.60. The van der Waals surface area contributed by atoms with Gasteiger partial charge in [0.05, 0.1) is 25.5 Å². The third-order valence-corrected chi connectivity index (χ3v) is 4.00. The van der Waals surface area contributed by atoms with Crippen molar-refractivity contribution in [3.63, 3.8) is 0 Å². The number of alkyl halides is 3. The minimum atomic E-state index is -4.35. The lowest BCUT2D eigenvalue weighted by Crippen LogP contribution is -2.15. The van der Waals surface area contributed by atoms with Gasteiger partial charge in [-0.15, -0.1) is 0 Å². The highest BCUT2D eigenvalue weighted by Gasteiger charge is 2.30. The summed E-state index contributed by atoms with van der Waals surface area (Å²) in [5.41, 5.74) is 2.55. The van der Waals surface area contributed by atoms with Gasteiger partial charge in [0.2, 0.25) is 0 Å². The highest BCUT2D eigenvalue weighted by Crippen LogP contribution is 2.34. The van der Waals surface area contributed by atoms with Crippen molar-refractivity contribution in [2.24, 2.45) is 4.99 Å². The molecule has 0 saturated carbocycles. The Kier molecular flexibility index (Phi) is 4.22. The number of rotatable bonds is 3. The van der Waals surface area contributed by atoms with Crippen LogP contribution in [0.3, 0.4) is 0 Å². The van der Waals surface area contributed by atoms with E-state index >= 15 is 0 Å². The summed E-state index contributed by atoms with van der Waals surface area (Å²) in [6, 6.07) is 8.78. The molecule has 2 aromatic rings. The number of fused-ring (bicyclic) bond motifs is 1. The predicted molar refractivity (Wildman–Crippen MR) is 85.2 cm³/mol. The van der Waals surface area contributed by atoms with Crippen LogP contribution in [-0.2, 0) is 12.6 Å². The lowest BCUT2D eigenvalue weighted by atomic mass is 9.92. The van der Waals surface area contributed by atoms with Gasteiger partial charge in [0, 0.05) is 17.7 Å². The molecule has 1 heterocycles. The lowest BCUT2D eigenvalue weighted by molar-refractivity contribution is -0.137. The van der Waals surface area contributed by atoms with Gasteiger partial charge in [0.25, 0.3) is 0 Å². The average Bonchev–Trinajstić information content (AvgIpc) is 2.59. The Morgan fingerprint density at radius 1 is 0.958 bits per heavy atom. The van der Waals surface area contributed by atoms with E-state index in [1.54, 1.807) is 14.2 Å². The zero-order valence-electron chi connectivity index (χ0n) is 13.3. The number of hydrogen-bond acceptors (Lipinski definition) is 3. The van der Waals surface area contributed by atoms with Crippen LogP contribution in [0.2, 0.25) is 0 Å². The van der Waals surface area contributed by atoms with Crippen molar-refractivity contribution >= 4 is 5.71 Å². The van der Waals surface area contributed by atoms with Crippen LogP contribution >= 0.6 is 0 Å². The number of hydrogen-bond donors (Lipinski definition) is 0. The first-order chi connectivity index (χ1) is 11.4. The number of nitrogens with zero attached hydrogens (tertiary/aromatic N) is 1. The number of aliphatic imine (C=N–C) groups is 1. The minimum Gasteiger partial charge on any atom is -0.493 e. The van der Waals surface area contributed by atoms with Gasteiger partial charge in [-0.25, -0.2) is 0 Å². The number of ether oxygens (including phenoxy) is 2. The number of methoxy groups -OCH3 is 2. The van der Waals surface area contributed by atoms with E-state index in [-0.39, 0.29) is 0 Å². The fraction of sp³-hybridized carbons (Fsp3) is 0.278. The van der Waals surface area contributed by atoms with Gasteiger partial charge in [-0.1, -0.05) is 12.1 Å². The number of halogens is 3. The molecule has 0 unspecified atom stereocenters. The van der Waals surface area contributed by atoms with Crippen LogP contribution in [0.4, 0.5) is 13.2 Å². The molecule has 3 nitrogen and oxygen atoms in total. The van der Waals surface area contributed by atoms with E-state index in [0.717, 1.165) is 29.7 Å². The van der Waals surface area contributed by atoms with Crippen LogP contribution in [0.25, 0.3) is 0 Å². The first-order valence-electron chi connectivity index (χ1n) is 7.41. The van der Waals surface area contributed by atoms with Gasteiger partial charge in [-0.3, -0.25) is 4.99 Å². The molecule has 0 fully saturated rings. The SMILES string of the molecule is COc1cc2c(cc1OC)C(c1ccc(C(F)(F)F)cc1)=NCC2. The van der Waals surface area contributed by atoms with E-state index in [0.29, 0.717) is 29.3 Å². The van der Waals surface area contributed by atoms with Crippen molar-refractivity contribution in [3.8, 4) is 11.5 Å². The second kappa shape index (κ2) is 6.19. The van der Waals surface area contributed by atoms with E-state index in [1.807, 2.05) is 12.1 Å². The van der Waals surface area contributed by atoms with E-state index in [9.17, 15) is 13.2 Å². The Morgan fingerprint density at radius 2 is 1.58 bits per heavy atom. The topological polar surface area (TPSA) is 30.8 Å². The molecule has 3 rings (SSSR count). The van der Waals surface area contributed by atoms with Crippen LogP contribution < -0.4 is 9.47 Å². The smallest absolute Gasteiger partial charge is 0.416 e. The first-order valence-corrected chi connectivity index (χ1v) is 7.41. The van der Waals surface area contributed by atoms with Crippen molar-refractivity contribution in [3.05, 3.63) is 58.7 Å². The maximum atomic E-state index is 12.7. The largest absolute Gasteiger partial charge is 0.493 e. The number of benzene rings is 2. The maximum Gasteiger partial charge on any atom is 0.416 e. The molecule has 2 aromatic carbocycles. The van der Waals surface area contributed by atoms with Crippen molar-refractivity contribution in [2.45, 2.75) is 12.6 Å². The molecule has 0 radical (unpaired) electrons. The van der Waals surface area contributed by atoms with E-state index in [1.165, 1.54) is 12.1 Å². The molecule has 0 bridgehead atoms. The minimum absolute atomic E-state index is 0.567. The highest BCUT2D eigenvalue weighted by molar-refractivity contribution is 6.14. The average molecular weight is 335 g/mol. The standard InChI is InChI=1S/C18H16F3NO2/c1-23-15-9-12-7-8-22-17(14(12)10-16(15)24-2)11-3-5-13(6-4-11)18(19,20)21/h3-6,9-10H,7-8H2,1-2H3. The molecule has 126 valence electrons. The Hall–Kier alpha value is -2.50. The molecule has 24 heavy (non-hydrogen) atoms. The summed E-state index contributed by atoms with van der Waals surface area (Å²) in [7, 11) is 3.11. The highest BCUT2D eigenvalue weighted by atomic mass is 19.4. The van der Waals surface area contributed by atoms with Crippen molar-refractivity contribution in [1.82, 2.24) is 0 Å². The van der Waals surface area contributed by atoms with E-state index < -0.39 is 11.7 Å². The summed E-state index contributed by atoms with van der Waals surface area (Å²) in [5.74, 6) is 1.20. The summed E-state index contributed by atoms with van der Waals surface area (Å²) in [4.78, 5) is 4.50. The zero-order valence-corrected chi connectivity index (χ0v) is 13.3. The van der Waals surface area contributed by atoms with Crippen molar-refractivity contribution in [2.75, 3.05) is 20.8 Å². The molecular weight excluding hydrogens is 319 g/mol. The fourth-order valence-electron chi connectivity index (χ4n) is 2.79. The van der Waals surface area contributed by atoms with Gasteiger partial charge in [0.1, 0.15) is 0 Å². The first kappa shape index (κ1) is 16.4. The van der Waals surface area contributed by atoms with Gasteiger partial charge < -0.3 is 9.47 Å². The Balaban J connectivity index is 2.04. The second-order valence-corrected chi connectivity index (χ2v) is 5.42. The molecule has 1 aliphatic rings. The third-order valence-electron chi connectivity index (χ3n) is 4.00. The maximum absolute atomic E-state index is 12.7. The Bertz CT molecular complexity index is 780. The molecule has 0 aromatic heterocycles. The zero-order chi connectivity index (χ0) is 17.3. The molecule has 0 aliphatic carbocycles. The molecule has 0 amide bonds. The third kappa shape index (κ3) is 2.96. The molecule has 1 aliphatic heterocycles. The normalized spacial score (nSPS) is 14.0. The lowest BCUT2D eigenvalue weighted by Gasteiger charge is -2.20. The van der Waals surface area contributed by atoms with Crippen molar-refractivity contribution < 1.29 is 22.6 Å². The van der Waals surface area contributed by atoms with Crippen molar-refractivity contribution in [1.29, 1.82) is 0 Å². The van der Waals surface area contributed by atoms with Crippen LogP contribution in [0, 0.1) is 0 Å². The van der Waals surface area contributed by atoms with Gasteiger partial charge >= 0.3 is 6.18 Å². The van der Waals surface area contributed by atoms with E-state index in [4.69, 9.17) is 9.47 Å². The summed E-state index contributed by atoms with van der Waals surface area (Å²) in [5, 5.41) is 0. The second-order valence-electron chi connectivity index (χ2n) is 5.42. The van der Waals surface area contributed by atoms with Crippen LogP contribution in [0.1, 0.15) is 22.3 Å². The summed E-state index contributed by atoms with van der Waals surface area (Å²) in [6.45, 7) is 0.582. The molecule has 6 heteroatoms. The Labute approximate surface area is 137 Å². The Morgan fingerprint density at radius 3 is 2.17 bits per heavy atom. The molecule has 0 saturated heterocycles. The molecule has 0 N–H and O–H groups in total. The van der Waals surface area contributed by atoms with Crippen LogP contribution in [-0.4, -0.2) is 26.5 Å². The van der Waals surface area contributed by atoms with E-state index in [2.05, 4.69) is 4.99 Å². The van der Waals surface area contributed by atoms with Crippen LogP contribution in [0.15, 0.2) is 41.4 Å². The quantitative estimate of drug-likeness (QED) is 0.845.